The third-order valence-electron chi connectivity index (χ3n) is 12.5. The smallest absolute Gasteiger partial charge is 0.135 e. The largest absolute Gasteiger partial charge is 0.456 e. The van der Waals surface area contributed by atoms with Gasteiger partial charge in [-0.2, -0.15) is 0 Å². The lowest BCUT2D eigenvalue weighted by atomic mass is 9.96. The molecule has 0 radical (unpaired) electrons. The SMILES string of the molecule is Cc1ccccc1.N.c1ccc(-c2ccc3c(c2)c2ccc(-c4ccc5oc6ccc(-c7cccc(-c8ccc9oc%10ccccc%10c9c8)c7)cc6c5c4)cc2n3-c2ccccc2)cc1. The minimum atomic E-state index is 0. The van der Waals surface area contributed by atoms with Gasteiger partial charge in [0.05, 0.1) is 11.0 Å². The highest BCUT2D eigenvalue weighted by molar-refractivity contribution is 6.12. The Morgan fingerprint density at radius 1 is 0.277 bits per heavy atom. The molecule has 0 aliphatic carbocycles. The maximum atomic E-state index is 6.42. The van der Waals surface area contributed by atoms with Gasteiger partial charge < -0.3 is 19.6 Å². The maximum absolute atomic E-state index is 6.42. The predicted molar refractivity (Wildman–Crippen MR) is 273 cm³/mol. The minimum absolute atomic E-state index is 0. The lowest BCUT2D eigenvalue weighted by Gasteiger charge is -2.09. The highest BCUT2D eigenvalue weighted by Gasteiger charge is 2.17. The second kappa shape index (κ2) is 16.4. The Hall–Kier alpha value is -8.44. The summed E-state index contributed by atoms with van der Waals surface area (Å²) in [5.74, 6) is 0. The van der Waals surface area contributed by atoms with Crippen molar-refractivity contribution in [3.8, 4) is 50.2 Å². The van der Waals surface area contributed by atoms with Crippen molar-refractivity contribution >= 4 is 65.7 Å². The fraction of sp³-hybridized carbons (Fsp3) is 0.0164. The first-order valence-corrected chi connectivity index (χ1v) is 21.8. The third kappa shape index (κ3) is 7.13. The molecule has 0 aliphatic heterocycles. The number of fused-ring (bicyclic) bond motifs is 9. The number of hydrogen-bond acceptors (Lipinski definition) is 3. The van der Waals surface area contributed by atoms with E-state index in [0.717, 1.165) is 77.4 Å². The van der Waals surface area contributed by atoms with Gasteiger partial charge in [0.1, 0.15) is 22.3 Å². The second-order valence-corrected chi connectivity index (χ2v) is 16.6. The van der Waals surface area contributed by atoms with Crippen molar-refractivity contribution in [2.75, 3.05) is 0 Å². The van der Waals surface area contributed by atoms with Crippen molar-refractivity contribution in [3.63, 3.8) is 0 Å². The molecule has 3 heterocycles. The molecule has 0 saturated heterocycles. The van der Waals surface area contributed by atoms with Gasteiger partial charge in [-0.25, -0.2) is 0 Å². The first kappa shape index (κ1) is 39.4. The molecule has 3 aromatic heterocycles. The van der Waals surface area contributed by atoms with Gasteiger partial charge in [-0.1, -0.05) is 157 Å². The second-order valence-electron chi connectivity index (χ2n) is 16.6. The molecule has 10 aromatic carbocycles. The van der Waals surface area contributed by atoms with E-state index >= 15 is 0 Å². The topological polar surface area (TPSA) is 66.2 Å². The summed E-state index contributed by atoms with van der Waals surface area (Å²) < 4.78 is 14.9. The van der Waals surface area contributed by atoms with E-state index in [1.165, 1.54) is 44.1 Å². The molecule has 310 valence electrons. The van der Waals surface area contributed by atoms with Gasteiger partial charge in [0.25, 0.3) is 0 Å². The van der Waals surface area contributed by atoms with Gasteiger partial charge in [-0.15, -0.1) is 0 Å². The van der Waals surface area contributed by atoms with Gasteiger partial charge in [-0.3, -0.25) is 0 Å². The number of aryl methyl sites for hydroxylation is 1. The summed E-state index contributed by atoms with van der Waals surface area (Å²) in [6.45, 7) is 2.08. The van der Waals surface area contributed by atoms with Crippen LogP contribution in [0, 0.1) is 6.92 Å². The van der Waals surface area contributed by atoms with Crippen LogP contribution in [0.4, 0.5) is 0 Å². The fourth-order valence-electron chi connectivity index (χ4n) is 9.32. The first-order valence-electron chi connectivity index (χ1n) is 21.8. The van der Waals surface area contributed by atoms with Crippen molar-refractivity contribution in [1.82, 2.24) is 10.7 Å². The molecule has 13 rings (SSSR count). The average Bonchev–Trinajstić information content (AvgIpc) is 4.03. The Morgan fingerprint density at radius 3 is 1.31 bits per heavy atom. The van der Waals surface area contributed by atoms with E-state index in [4.69, 9.17) is 8.83 Å². The zero-order valence-electron chi connectivity index (χ0n) is 35.9. The summed E-state index contributed by atoms with van der Waals surface area (Å²) in [5, 5.41) is 6.95. The number of para-hydroxylation sites is 2. The predicted octanol–water partition coefficient (Wildman–Crippen LogP) is 17.4. The number of nitrogens with zero attached hydrogens (tertiary/aromatic N) is 1. The van der Waals surface area contributed by atoms with Crippen LogP contribution in [-0.4, -0.2) is 4.57 Å². The van der Waals surface area contributed by atoms with Gasteiger partial charge >= 0.3 is 0 Å². The summed E-state index contributed by atoms with van der Waals surface area (Å²) in [4.78, 5) is 0. The van der Waals surface area contributed by atoms with Crippen LogP contribution in [0.5, 0.6) is 0 Å². The zero-order valence-corrected chi connectivity index (χ0v) is 35.9. The molecule has 0 aliphatic rings. The lowest BCUT2D eigenvalue weighted by molar-refractivity contribution is 0.668. The number of rotatable bonds is 5. The van der Waals surface area contributed by atoms with Gasteiger partial charge in [-0.05, 0) is 130 Å². The molecule has 4 heteroatoms. The zero-order chi connectivity index (χ0) is 42.6. The molecule has 65 heavy (non-hydrogen) atoms. The Balaban J connectivity index is 0.000000539. The van der Waals surface area contributed by atoms with Crippen molar-refractivity contribution in [3.05, 3.63) is 236 Å². The van der Waals surface area contributed by atoms with Crippen LogP contribution in [0.15, 0.2) is 239 Å². The van der Waals surface area contributed by atoms with Crippen LogP contribution in [0.25, 0.3) is 116 Å². The molecule has 0 bridgehead atoms. The lowest BCUT2D eigenvalue weighted by Crippen LogP contribution is -1.93. The molecule has 3 N–H and O–H groups in total. The monoisotopic (exact) mass is 836 g/mol. The van der Waals surface area contributed by atoms with E-state index in [-0.39, 0.29) is 6.15 Å². The molecule has 0 unspecified atom stereocenters. The van der Waals surface area contributed by atoms with Crippen molar-refractivity contribution < 1.29 is 8.83 Å². The van der Waals surface area contributed by atoms with Crippen LogP contribution in [0.2, 0.25) is 0 Å². The third-order valence-corrected chi connectivity index (χ3v) is 12.5. The summed E-state index contributed by atoms with van der Waals surface area (Å²) in [5.41, 5.74) is 17.8. The average molecular weight is 837 g/mol. The summed E-state index contributed by atoms with van der Waals surface area (Å²) in [6.07, 6.45) is 0. The Morgan fingerprint density at radius 2 is 0.708 bits per heavy atom. The van der Waals surface area contributed by atoms with Crippen LogP contribution in [0.3, 0.4) is 0 Å². The minimum Gasteiger partial charge on any atom is -0.456 e. The van der Waals surface area contributed by atoms with E-state index in [0.29, 0.717) is 0 Å². The fourth-order valence-corrected chi connectivity index (χ4v) is 9.32. The van der Waals surface area contributed by atoms with Crippen LogP contribution >= 0.6 is 0 Å². The molecular weight excluding hydrogens is 793 g/mol. The van der Waals surface area contributed by atoms with Crippen LogP contribution in [0.1, 0.15) is 5.56 Å². The summed E-state index contributed by atoms with van der Waals surface area (Å²) in [7, 11) is 0. The van der Waals surface area contributed by atoms with Gasteiger partial charge in [0.2, 0.25) is 0 Å². The summed E-state index contributed by atoms with van der Waals surface area (Å²) >= 11 is 0. The number of benzene rings is 10. The standard InChI is InChI=1S/C54H33NO2.C7H8.H3N/c1-3-10-34(11-4-1)37-19-24-49-45(29-37)43-23-18-41(33-50(43)55(49)42-14-5-2-6-15-42)40-22-27-54-48(32-40)47-31-39(21-26-53(47)57-54)36-13-9-12-35(28-36)38-20-25-52-46(30-38)44-16-7-8-17-51(44)56-52;1-7-5-3-2-4-6-7;/h1-33H;2-6H,1H3;1H3. The van der Waals surface area contributed by atoms with E-state index in [1.807, 2.05) is 30.3 Å². The van der Waals surface area contributed by atoms with E-state index < -0.39 is 0 Å². The molecule has 0 spiro atoms. The van der Waals surface area contributed by atoms with Gasteiger partial charge in [0.15, 0.2) is 0 Å². The Labute approximate surface area is 376 Å². The first-order chi connectivity index (χ1) is 31.6. The van der Waals surface area contributed by atoms with Crippen LogP contribution < -0.4 is 6.15 Å². The molecule has 0 atom stereocenters. The summed E-state index contributed by atoms with van der Waals surface area (Å²) in [6, 6.07) is 81.9. The molecule has 0 amide bonds. The van der Waals surface area contributed by atoms with Crippen LogP contribution in [-0.2, 0) is 0 Å². The molecule has 4 nitrogen and oxygen atoms in total. The highest BCUT2D eigenvalue weighted by Crippen LogP contribution is 2.40. The van der Waals surface area contributed by atoms with Crippen molar-refractivity contribution in [1.29, 1.82) is 0 Å². The van der Waals surface area contributed by atoms with E-state index in [2.05, 4.69) is 212 Å². The van der Waals surface area contributed by atoms with Crippen molar-refractivity contribution in [2.24, 2.45) is 0 Å². The molecule has 13 aromatic rings. The number of furan rings is 2. The normalized spacial score (nSPS) is 11.3. The molecule has 0 saturated carbocycles. The number of aromatic nitrogens is 1. The Kier molecular flexibility index (Phi) is 9.92. The molecule has 0 fully saturated rings. The van der Waals surface area contributed by atoms with Crippen molar-refractivity contribution in [2.45, 2.75) is 6.92 Å². The Bertz CT molecular complexity index is 3840. The van der Waals surface area contributed by atoms with E-state index in [1.54, 1.807) is 0 Å². The molecular formula is C61H44N2O2. The van der Waals surface area contributed by atoms with E-state index in [9.17, 15) is 0 Å². The highest BCUT2D eigenvalue weighted by atomic mass is 16.3. The number of hydrogen-bond donors (Lipinski definition) is 1. The maximum Gasteiger partial charge on any atom is 0.135 e. The van der Waals surface area contributed by atoms with Gasteiger partial charge in [0, 0.05) is 38.0 Å². The quantitative estimate of drug-likeness (QED) is 0.188.